The lowest BCUT2D eigenvalue weighted by molar-refractivity contribution is 0.491. The maximum Gasteiger partial charge on any atom is 0.183 e. The minimum absolute atomic E-state index is 0.193. The largest absolute Gasteiger partial charge is 0.296 e. The van der Waals surface area contributed by atoms with E-state index in [2.05, 4.69) is 4.98 Å². The van der Waals surface area contributed by atoms with Crippen LogP contribution in [0.4, 0.5) is 13.2 Å². The molecule has 0 amide bonds. The van der Waals surface area contributed by atoms with Crippen LogP contribution in [0, 0.1) is 31.3 Å². The molecule has 6 heteroatoms. The second kappa shape index (κ2) is 7.84. The van der Waals surface area contributed by atoms with Crippen molar-refractivity contribution in [1.82, 2.24) is 9.55 Å². The summed E-state index contributed by atoms with van der Waals surface area (Å²) in [5.41, 5.74) is 2.58. The van der Waals surface area contributed by atoms with Crippen LogP contribution in [-0.4, -0.2) is 9.55 Å². The van der Waals surface area contributed by atoms with Gasteiger partial charge in [0.2, 0.25) is 0 Å². The van der Waals surface area contributed by atoms with Crippen molar-refractivity contribution in [2.24, 2.45) is 0 Å². The standard InChI is InChI=1S/C23H18F3N2P/c1-15-3-7-18(8-4-15)29(19-9-5-16(2)6-10-19)23-27-11-12-28(23)21-14-17(24)13-20(25)22(21)26/h3-14H,1-2H3. The summed E-state index contributed by atoms with van der Waals surface area (Å²) in [6.07, 6.45) is 3.06. The summed E-state index contributed by atoms with van der Waals surface area (Å²) in [7, 11) is -1.17. The molecule has 0 aliphatic rings. The van der Waals surface area contributed by atoms with Gasteiger partial charge in [0.25, 0.3) is 0 Å². The van der Waals surface area contributed by atoms with Crippen LogP contribution in [0.1, 0.15) is 11.1 Å². The van der Waals surface area contributed by atoms with Crippen molar-refractivity contribution in [1.29, 1.82) is 0 Å². The van der Waals surface area contributed by atoms with E-state index < -0.39 is 25.4 Å². The SMILES string of the molecule is Cc1ccc(P(c2ccc(C)cc2)c2nccn2-c2cc(F)cc(F)c2F)cc1. The summed E-state index contributed by atoms with van der Waals surface area (Å²) in [5, 5.41) is 2.03. The van der Waals surface area contributed by atoms with Crippen molar-refractivity contribution >= 4 is 24.1 Å². The molecule has 146 valence electrons. The third-order valence-electron chi connectivity index (χ3n) is 4.64. The number of rotatable bonds is 4. The molecule has 0 radical (unpaired) electrons. The summed E-state index contributed by atoms with van der Waals surface area (Å²) in [6.45, 7) is 4.01. The summed E-state index contributed by atoms with van der Waals surface area (Å²) in [5.74, 6) is -3.17. The molecule has 0 spiro atoms. The van der Waals surface area contributed by atoms with Gasteiger partial charge >= 0.3 is 0 Å². The minimum atomic E-state index is -1.23. The molecule has 0 saturated heterocycles. The molecule has 0 N–H and O–H groups in total. The molecule has 29 heavy (non-hydrogen) atoms. The van der Waals surface area contributed by atoms with Gasteiger partial charge in [-0.3, -0.25) is 4.57 Å². The van der Waals surface area contributed by atoms with Crippen LogP contribution >= 0.6 is 7.92 Å². The zero-order valence-electron chi connectivity index (χ0n) is 15.9. The monoisotopic (exact) mass is 410 g/mol. The van der Waals surface area contributed by atoms with E-state index in [-0.39, 0.29) is 5.69 Å². The van der Waals surface area contributed by atoms with E-state index >= 15 is 0 Å². The first-order valence-corrected chi connectivity index (χ1v) is 10.4. The molecule has 4 aromatic rings. The maximum absolute atomic E-state index is 14.5. The average molecular weight is 410 g/mol. The van der Waals surface area contributed by atoms with E-state index in [1.165, 1.54) is 17.0 Å². The molecular formula is C23H18F3N2P. The zero-order valence-corrected chi connectivity index (χ0v) is 16.8. The highest BCUT2D eigenvalue weighted by Crippen LogP contribution is 2.33. The number of benzene rings is 3. The zero-order chi connectivity index (χ0) is 20.5. The van der Waals surface area contributed by atoms with Gasteiger partial charge in [0.1, 0.15) is 11.4 Å². The summed E-state index contributed by atoms with van der Waals surface area (Å²) >= 11 is 0. The van der Waals surface area contributed by atoms with Gasteiger partial charge in [-0.2, -0.15) is 0 Å². The lowest BCUT2D eigenvalue weighted by Crippen LogP contribution is -2.27. The van der Waals surface area contributed by atoms with Gasteiger partial charge < -0.3 is 0 Å². The third kappa shape index (κ3) is 3.83. The van der Waals surface area contributed by atoms with E-state index in [1.807, 2.05) is 62.4 Å². The van der Waals surface area contributed by atoms with E-state index in [4.69, 9.17) is 0 Å². The lowest BCUT2D eigenvalue weighted by atomic mass is 10.2. The summed E-state index contributed by atoms with van der Waals surface area (Å²) in [4.78, 5) is 4.47. The predicted octanol–water partition coefficient (Wildman–Crippen LogP) is 4.66. The van der Waals surface area contributed by atoms with Crippen molar-refractivity contribution in [2.75, 3.05) is 0 Å². The molecule has 3 aromatic carbocycles. The second-order valence-electron chi connectivity index (χ2n) is 6.82. The Hall–Kier alpha value is -2.91. The molecule has 1 heterocycles. The molecular weight excluding hydrogens is 392 g/mol. The van der Waals surface area contributed by atoms with E-state index in [0.29, 0.717) is 11.6 Å². The van der Waals surface area contributed by atoms with Gasteiger partial charge in [0.05, 0.1) is 5.69 Å². The summed E-state index contributed by atoms with van der Waals surface area (Å²) < 4.78 is 43.6. The first kappa shape index (κ1) is 19.4. The van der Waals surface area contributed by atoms with Crippen LogP contribution in [0.25, 0.3) is 5.69 Å². The van der Waals surface area contributed by atoms with E-state index in [0.717, 1.165) is 27.8 Å². The molecule has 0 atom stereocenters. The van der Waals surface area contributed by atoms with Gasteiger partial charge in [-0.25, -0.2) is 18.2 Å². The fourth-order valence-electron chi connectivity index (χ4n) is 3.13. The molecule has 2 nitrogen and oxygen atoms in total. The first-order chi connectivity index (χ1) is 13.9. The Labute approximate surface area is 168 Å². The number of hydrogen-bond donors (Lipinski definition) is 0. The van der Waals surface area contributed by atoms with Crippen LogP contribution in [0.5, 0.6) is 0 Å². The lowest BCUT2D eigenvalue weighted by Gasteiger charge is -2.20. The highest BCUT2D eigenvalue weighted by Gasteiger charge is 2.24. The first-order valence-electron chi connectivity index (χ1n) is 9.06. The molecule has 1 aromatic heterocycles. The van der Waals surface area contributed by atoms with Crippen LogP contribution in [0.2, 0.25) is 0 Å². The van der Waals surface area contributed by atoms with Gasteiger partial charge in [0, 0.05) is 32.4 Å². The van der Waals surface area contributed by atoms with Crippen molar-refractivity contribution in [3.8, 4) is 5.69 Å². The van der Waals surface area contributed by atoms with Gasteiger partial charge in [-0.1, -0.05) is 59.7 Å². The second-order valence-corrected chi connectivity index (χ2v) is 8.93. The Morgan fingerprint density at radius 1 is 0.793 bits per heavy atom. The van der Waals surface area contributed by atoms with Crippen LogP contribution < -0.4 is 16.2 Å². The summed E-state index contributed by atoms with van der Waals surface area (Å²) in [6, 6.07) is 17.6. The highest BCUT2D eigenvalue weighted by atomic mass is 31.1. The van der Waals surface area contributed by atoms with Crippen molar-refractivity contribution in [3.63, 3.8) is 0 Å². The van der Waals surface area contributed by atoms with E-state index in [1.54, 1.807) is 0 Å². The normalized spacial score (nSPS) is 11.2. The quantitative estimate of drug-likeness (QED) is 0.353. The predicted molar refractivity (Wildman–Crippen MR) is 112 cm³/mol. The Morgan fingerprint density at radius 2 is 1.34 bits per heavy atom. The van der Waals surface area contributed by atoms with Crippen LogP contribution in [-0.2, 0) is 0 Å². The minimum Gasteiger partial charge on any atom is -0.296 e. The van der Waals surface area contributed by atoms with Gasteiger partial charge in [-0.15, -0.1) is 0 Å². The van der Waals surface area contributed by atoms with Crippen LogP contribution in [0.3, 0.4) is 0 Å². The number of nitrogens with zero attached hydrogens (tertiary/aromatic N) is 2. The molecule has 0 aliphatic heterocycles. The van der Waals surface area contributed by atoms with Gasteiger partial charge in [-0.05, 0) is 24.5 Å². The van der Waals surface area contributed by atoms with Crippen LogP contribution in [0.15, 0.2) is 73.1 Å². The van der Waals surface area contributed by atoms with Crippen molar-refractivity contribution in [3.05, 3.63) is 102 Å². The van der Waals surface area contributed by atoms with Crippen molar-refractivity contribution in [2.45, 2.75) is 13.8 Å². The molecule has 0 unspecified atom stereocenters. The third-order valence-corrected chi connectivity index (χ3v) is 7.00. The number of aryl methyl sites for hydroxylation is 2. The number of halogens is 3. The Balaban J connectivity index is 1.93. The Kier molecular flexibility index (Phi) is 5.25. The molecule has 0 saturated carbocycles. The molecule has 0 fully saturated rings. The topological polar surface area (TPSA) is 17.8 Å². The molecule has 4 rings (SSSR count). The van der Waals surface area contributed by atoms with E-state index in [9.17, 15) is 13.2 Å². The smallest absolute Gasteiger partial charge is 0.183 e. The number of hydrogen-bond acceptors (Lipinski definition) is 1. The fourth-order valence-corrected chi connectivity index (χ4v) is 5.36. The Morgan fingerprint density at radius 3 is 1.90 bits per heavy atom. The number of imidazole rings is 1. The Bertz CT molecular complexity index is 1110. The average Bonchev–Trinajstić information content (AvgIpc) is 3.17. The maximum atomic E-state index is 14.5. The van der Waals surface area contributed by atoms with Gasteiger partial charge in [0.15, 0.2) is 11.6 Å². The molecule has 0 bridgehead atoms. The fraction of sp³-hybridized carbons (Fsp3) is 0.0870. The highest BCUT2D eigenvalue weighted by molar-refractivity contribution is 7.79. The molecule has 0 aliphatic carbocycles. The number of aromatic nitrogens is 2. The van der Waals surface area contributed by atoms with Crippen molar-refractivity contribution < 1.29 is 13.2 Å².